The van der Waals surface area contributed by atoms with Gasteiger partial charge < -0.3 is 20.3 Å². The van der Waals surface area contributed by atoms with Gasteiger partial charge in [-0.05, 0) is 24.6 Å². The standard InChI is InChI=1S/C16H24Cl2N4O2.HI/c1-4-19-16(21-10-15(23)22(2)3)20-7-8-24-11-12-5-6-13(17)9-14(12)18;/h5-6,9H,4,7-8,10-11H2,1-3H3,(H2,19,20,21);1H. The van der Waals surface area contributed by atoms with Gasteiger partial charge >= 0.3 is 0 Å². The minimum atomic E-state index is -0.0548. The number of hydrogen-bond acceptors (Lipinski definition) is 3. The number of nitrogens with zero attached hydrogens (tertiary/aromatic N) is 2. The molecule has 1 rings (SSSR count). The Morgan fingerprint density at radius 1 is 1.28 bits per heavy atom. The van der Waals surface area contributed by atoms with Gasteiger partial charge in [-0.15, -0.1) is 24.0 Å². The SMILES string of the molecule is CCNC(=NCC(=O)N(C)C)NCCOCc1ccc(Cl)cc1Cl.I. The highest BCUT2D eigenvalue weighted by atomic mass is 127. The molecular formula is C16H25Cl2IN4O2. The highest BCUT2D eigenvalue weighted by Gasteiger charge is 2.04. The molecule has 0 aliphatic rings. The van der Waals surface area contributed by atoms with Crippen LogP contribution in [0.2, 0.25) is 10.0 Å². The average Bonchev–Trinajstić information content (AvgIpc) is 2.53. The number of guanidine groups is 1. The van der Waals surface area contributed by atoms with Gasteiger partial charge in [-0.3, -0.25) is 4.79 Å². The summed E-state index contributed by atoms with van der Waals surface area (Å²) in [5, 5.41) is 7.38. The monoisotopic (exact) mass is 502 g/mol. The van der Waals surface area contributed by atoms with Crippen LogP contribution < -0.4 is 10.6 Å². The first-order valence-corrected chi connectivity index (χ1v) is 8.43. The first-order valence-electron chi connectivity index (χ1n) is 7.68. The van der Waals surface area contributed by atoms with Crippen molar-refractivity contribution in [2.24, 2.45) is 4.99 Å². The maximum Gasteiger partial charge on any atom is 0.243 e. The zero-order valence-corrected chi connectivity index (χ0v) is 18.5. The molecule has 6 nitrogen and oxygen atoms in total. The van der Waals surface area contributed by atoms with Gasteiger partial charge in [0.25, 0.3) is 0 Å². The molecule has 0 spiro atoms. The van der Waals surface area contributed by atoms with Crippen LogP contribution in [0.25, 0.3) is 0 Å². The average molecular weight is 503 g/mol. The smallest absolute Gasteiger partial charge is 0.243 e. The summed E-state index contributed by atoms with van der Waals surface area (Å²) >= 11 is 11.9. The van der Waals surface area contributed by atoms with Crippen molar-refractivity contribution >= 4 is 59.0 Å². The minimum absolute atomic E-state index is 0. The van der Waals surface area contributed by atoms with E-state index in [-0.39, 0.29) is 36.4 Å². The van der Waals surface area contributed by atoms with Gasteiger partial charge in [0.05, 0.1) is 13.2 Å². The lowest BCUT2D eigenvalue weighted by molar-refractivity contribution is -0.127. The number of hydrogen-bond donors (Lipinski definition) is 2. The first-order chi connectivity index (χ1) is 11.4. The zero-order valence-electron chi connectivity index (χ0n) is 14.6. The maximum atomic E-state index is 11.6. The van der Waals surface area contributed by atoms with Crippen molar-refractivity contribution in [2.75, 3.05) is 40.3 Å². The van der Waals surface area contributed by atoms with Crippen LogP contribution in [0.5, 0.6) is 0 Å². The molecule has 0 aliphatic heterocycles. The quantitative estimate of drug-likeness (QED) is 0.248. The number of carbonyl (C=O) groups excluding carboxylic acids is 1. The fraction of sp³-hybridized carbons (Fsp3) is 0.500. The van der Waals surface area contributed by atoms with Crippen LogP contribution in [-0.2, 0) is 16.1 Å². The van der Waals surface area contributed by atoms with E-state index in [0.717, 1.165) is 5.56 Å². The molecule has 142 valence electrons. The molecule has 1 aromatic carbocycles. The Kier molecular flexibility index (Phi) is 13.0. The van der Waals surface area contributed by atoms with E-state index in [0.29, 0.717) is 42.3 Å². The molecule has 0 saturated carbocycles. The van der Waals surface area contributed by atoms with E-state index in [2.05, 4.69) is 15.6 Å². The lowest BCUT2D eigenvalue weighted by Crippen LogP contribution is -2.39. The van der Waals surface area contributed by atoms with Gasteiger partial charge in [0.15, 0.2) is 5.96 Å². The van der Waals surface area contributed by atoms with Gasteiger partial charge in [-0.1, -0.05) is 29.3 Å². The van der Waals surface area contributed by atoms with Gasteiger partial charge in [0, 0.05) is 37.2 Å². The largest absolute Gasteiger partial charge is 0.375 e. The van der Waals surface area contributed by atoms with E-state index in [9.17, 15) is 4.79 Å². The number of carbonyl (C=O) groups is 1. The Hall–Kier alpha value is -0.770. The van der Waals surface area contributed by atoms with E-state index in [1.54, 1.807) is 26.2 Å². The summed E-state index contributed by atoms with van der Waals surface area (Å²) in [5.41, 5.74) is 0.887. The molecule has 1 amide bonds. The van der Waals surface area contributed by atoms with Gasteiger partial charge in [-0.2, -0.15) is 0 Å². The number of rotatable bonds is 8. The van der Waals surface area contributed by atoms with Crippen molar-refractivity contribution < 1.29 is 9.53 Å². The van der Waals surface area contributed by atoms with Crippen LogP contribution in [0.15, 0.2) is 23.2 Å². The predicted molar refractivity (Wildman–Crippen MR) is 114 cm³/mol. The number of likely N-dealkylation sites (N-methyl/N-ethyl adjacent to an activating group) is 1. The Bertz CT molecular complexity index is 571. The Morgan fingerprint density at radius 3 is 2.60 bits per heavy atom. The summed E-state index contributed by atoms with van der Waals surface area (Å²) in [5.74, 6) is 0.529. The summed E-state index contributed by atoms with van der Waals surface area (Å²) in [6, 6.07) is 5.32. The van der Waals surface area contributed by atoms with Crippen molar-refractivity contribution in [2.45, 2.75) is 13.5 Å². The van der Waals surface area contributed by atoms with Gasteiger partial charge in [0.2, 0.25) is 5.91 Å². The number of nitrogens with one attached hydrogen (secondary N) is 2. The van der Waals surface area contributed by atoms with E-state index < -0.39 is 0 Å². The molecule has 0 atom stereocenters. The molecule has 25 heavy (non-hydrogen) atoms. The van der Waals surface area contributed by atoms with Crippen molar-refractivity contribution in [1.82, 2.24) is 15.5 Å². The predicted octanol–water partition coefficient (Wildman–Crippen LogP) is 2.77. The minimum Gasteiger partial charge on any atom is -0.375 e. The van der Waals surface area contributed by atoms with Crippen LogP contribution >= 0.6 is 47.2 Å². The highest BCUT2D eigenvalue weighted by Crippen LogP contribution is 2.21. The molecule has 0 aromatic heterocycles. The molecule has 0 saturated heterocycles. The lowest BCUT2D eigenvalue weighted by Gasteiger charge is -2.13. The van der Waals surface area contributed by atoms with Crippen LogP contribution in [0, 0.1) is 0 Å². The number of benzene rings is 1. The molecule has 0 unspecified atom stereocenters. The van der Waals surface area contributed by atoms with Crippen molar-refractivity contribution in [3.05, 3.63) is 33.8 Å². The zero-order chi connectivity index (χ0) is 17.9. The number of ether oxygens (including phenoxy) is 1. The second kappa shape index (κ2) is 13.4. The van der Waals surface area contributed by atoms with E-state index >= 15 is 0 Å². The molecule has 0 radical (unpaired) electrons. The molecule has 2 N–H and O–H groups in total. The third-order valence-electron chi connectivity index (χ3n) is 3.03. The van der Waals surface area contributed by atoms with Crippen molar-refractivity contribution in [3.8, 4) is 0 Å². The normalized spacial score (nSPS) is 10.8. The fourth-order valence-corrected chi connectivity index (χ4v) is 2.16. The first kappa shape index (κ1) is 24.2. The summed E-state index contributed by atoms with van der Waals surface area (Å²) in [6.07, 6.45) is 0. The van der Waals surface area contributed by atoms with Gasteiger partial charge in [0.1, 0.15) is 6.54 Å². The highest BCUT2D eigenvalue weighted by molar-refractivity contribution is 14.0. The van der Waals surface area contributed by atoms with Crippen LogP contribution in [0.1, 0.15) is 12.5 Å². The third kappa shape index (κ3) is 10.1. The van der Waals surface area contributed by atoms with E-state index in [1.165, 1.54) is 4.90 Å². The topological polar surface area (TPSA) is 66.0 Å². The summed E-state index contributed by atoms with van der Waals surface area (Å²) in [6.45, 7) is 4.22. The molecule has 0 bridgehead atoms. The number of aliphatic imine (C=N–C) groups is 1. The van der Waals surface area contributed by atoms with Crippen molar-refractivity contribution in [3.63, 3.8) is 0 Å². The number of amides is 1. The van der Waals surface area contributed by atoms with Crippen LogP contribution in [-0.4, -0.2) is 57.1 Å². The lowest BCUT2D eigenvalue weighted by atomic mass is 10.2. The maximum absolute atomic E-state index is 11.6. The number of halogens is 3. The summed E-state index contributed by atoms with van der Waals surface area (Å²) in [4.78, 5) is 17.3. The fourth-order valence-electron chi connectivity index (χ4n) is 1.69. The Morgan fingerprint density at radius 2 is 2.00 bits per heavy atom. The van der Waals surface area contributed by atoms with Crippen LogP contribution in [0.4, 0.5) is 0 Å². The molecule has 0 aliphatic carbocycles. The van der Waals surface area contributed by atoms with E-state index in [4.69, 9.17) is 27.9 Å². The van der Waals surface area contributed by atoms with E-state index in [1.807, 2.05) is 13.0 Å². The second-order valence-electron chi connectivity index (χ2n) is 5.20. The van der Waals surface area contributed by atoms with Gasteiger partial charge in [-0.25, -0.2) is 4.99 Å². The summed E-state index contributed by atoms with van der Waals surface area (Å²) in [7, 11) is 3.40. The summed E-state index contributed by atoms with van der Waals surface area (Å²) < 4.78 is 5.58. The van der Waals surface area contributed by atoms with Crippen LogP contribution in [0.3, 0.4) is 0 Å². The molecule has 0 heterocycles. The third-order valence-corrected chi connectivity index (χ3v) is 3.61. The van der Waals surface area contributed by atoms with Crippen molar-refractivity contribution in [1.29, 1.82) is 0 Å². The Labute approximate surface area is 176 Å². The second-order valence-corrected chi connectivity index (χ2v) is 6.04. The molecule has 0 fully saturated rings. The Balaban J connectivity index is 0.00000576. The molecule has 1 aromatic rings. The molecule has 9 heteroatoms. The molecular weight excluding hydrogens is 478 g/mol.